The molecule has 0 saturated carbocycles. The van der Waals surface area contributed by atoms with Crippen molar-refractivity contribution in [2.75, 3.05) is 33.1 Å². The first-order chi connectivity index (χ1) is 12.8. The molecule has 0 saturated heterocycles. The van der Waals surface area contributed by atoms with Gasteiger partial charge < -0.3 is 20.3 Å². The Labute approximate surface area is 158 Å². The van der Waals surface area contributed by atoms with Crippen molar-refractivity contribution in [3.8, 4) is 5.75 Å². The second-order valence-corrected chi connectivity index (χ2v) is 6.35. The van der Waals surface area contributed by atoms with E-state index in [-0.39, 0.29) is 11.7 Å². The number of urea groups is 1. The van der Waals surface area contributed by atoms with E-state index in [0.717, 1.165) is 11.3 Å². The van der Waals surface area contributed by atoms with Crippen LogP contribution in [-0.2, 0) is 0 Å². The summed E-state index contributed by atoms with van der Waals surface area (Å²) in [6.07, 6.45) is 0. The fraction of sp³-hybridized carbons (Fsp3) is 0.316. The van der Waals surface area contributed by atoms with E-state index in [9.17, 15) is 14.9 Å². The standard InChI is InChI=1S/C19H24N4O4/c1-13-5-8-15(11-17(13)23(25)26)21-19(24)20-12-18(22(2)3)14-6-9-16(27-4)10-7-14/h5-11,18H,12H2,1-4H3,(H2,20,21,24). The molecule has 0 fully saturated rings. The van der Waals surface area contributed by atoms with Gasteiger partial charge in [0.05, 0.1) is 18.1 Å². The summed E-state index contributed by atoms with van der Waals surface area (Å²) in [5.41, 5.74) is 1.91. The van der Waals surface area contributed by atoms with E-state index in [1.165, 1.54) is 6.07 Å². The van der Waals surface area contributed by atoms with Gasteiger partial charge in [0.25, 0.3) is 5.69 Å². The molecule has 0 radical (unpaired) electrons. The number of hydrogen-bond acceptors (Lipinski definition) is 5. The minimum atomic E-state index is -0.468. The number of benzene rings is 2. The predicted octanol–water partition coefficient (Wildman–Crippen LogP) is 3.34. The van der Waals surface area contributed by atoms with Gasteiger partial charge >= 0.3 is 6.03 Å². The Balaban J connectivity index is 2.01. The van der Waals surface area contributed by atoms with Crippen molar-refractivity contribution in [2.24, 2.45) is 0 Å². The van der Waals surface area contributed by atoms with Crippen LogP contribution in [0.2, 0.25) is 0 Å². The normalized spacial score (nSPS) is 11.7. The molecule has 8 nitrogen and oxygen atoms in total. The Hall–Kier alpha value is -3.13. The Kier molecular flexibility index (Phi) is 6.73. The Morgan fingerprint density at radius 1 is 1.22 bits per heavy atom. The summed E-state index contributed by atoms with van der Waals surface area (Å²) in [5.74, 6) is 0.767. The number of nitro groups is 1. The molecule has 8 heteroatoms. The number of carbonyl (C=O) groups excluding carboxylic acids is 1. The molecule has 0 aliphatic heterocycles. The molecule has 144 valence electrons. The zero-order valence-corrected chi connectivity index (χ0v) is 15.9. The Morgan fingerprint density at radius 3 is 2.44 bits per heavy atom. The van der Waals surface area contributed by atoms with Crippen LogP contribution < -0.4 is 15.4 Å². The molecule has 2 aromatic rings. The lowest BCUT2D eigenvalue weighted by Crippen LogP contribution is -2.36. The number of nitrogens with zero attached hydrogens (tertiary/aromatic N) is 2. The van der Waals surface area contributed by atoms with Gasteiger partial charge in [0.15, 0.2) is 0 Å². The average molecular weight is 372 g/mol. The highest BCUT2D eigenvalue weighted by Gasteiger charge is 2.16. The highest BCUT2D eigenvalue weighted by atomic mass is 16.6. The first-order valence-corrected chi connectivity index (χ1v) is 8.42. The lowest BCUT2D eigenvalue weighted by atomic mass is 10.1. The van der Waals surface area contributed by atoms with Crippen LogP contribution in [0.25, 0.3) is 0 Å². The second kappa shape index (κ2) is 9.00. The summed E-state index contributed by atoms with van der Waals surface area (Å²) in [6.45, 7) is 2.03. The molecular formula is C19H24N4O4. The highest BCUT2D eigenvalue weighted by molar-refractivity contribution is 5.89. The molecule has 2 amide bonds. The van der Waals surface area contributed by atoms with Crippen LogP contribution in [0.4, 0.5) is 16.2 Å². The van der Waals surface area contributed by atoms with Gasteiger partial charge in [0, 0.05) is 23.9 Å². The number of ether oxygens (including phenoxy) is 1. The maximum absolute atomic E-state index is 12.2. The summed E-state index contributed by atoms with van der Waals surface area (Å²) < 4.78 is 5.17. The number of nitro benzene ring substituents is 1. The lowest BCUT2D eigenvalue weighted by Gasteiger charge is -2.25. The molecule has 0 spiro atoms. The van der Waals surface area contributed by atoms with Crippen LogP contribution in [0.5, 0.6) is 5.75 Å². The fourth-order valence-electron chi connectivity index (χ4n) is 2.67. The molecule has 2 rings (SSSR count). The van der Waals surface area contributed by atoms with Crippen molar-refractivity contribution in [3.63, 3.8) is 0 Å². The third-order valence-electron chi connectivity index (χ3n) is 4.24. The highest BCUT2D eigenvalue weighted by Crippen LogP contribution is 2.23. The zero-order chi connectivity index (χ0) is 20.0. The van der Waals surface area contributed by atoms with Gasteiger partial charge in [-0.3, -0.25) is 10.1 Å². The van der Waals surface area contributed by atoms with Crippen LogP contribution in [0, 0.1) is 17.0 Å². The van der Waals surface area contributed by atoms with Crippen LogP contribution in [-0.4, -0.2) is 43.6 Å². The number of carbonyl (C=O) groups is 1. The maximum Gasteiger partial charge on any atom is 0.319 e. The van der Waals surface area contributed by atoms with Crippen molar-refractivity contribution in [1.29, 1.82) is 0 Å². The molecule has 0 aliphatic carbocycles. The van der Waals surface area contributed by atoms with Gasteiger partial charge in [-0.05, 0) is 44.8 Å². The van der Waals surface area contributed by atoms with Gasteiger partial charge in [-0.1, -0.05) is 18.2 Å². The molecule has 1 unspecified atom stereocenters. The van der Waals surface area contributed by atoms with Crippen LogP contribution >= 0.6 is 0 Å². The van der Waals surface area contributed by atoms with Gasteiger partial charge in [-0.2, -0.15) is 0 Å². The Morgan fingerprint density at radius 2 is 1.89 bits per heavy atom. The summed E-state index contributed by atoms with van der Waals surface area (Å²) >= 11 is 0. The molecule has 27 heavy (non-hydrogen) atoms. The smallest absolute Gasteiger partial charge is 0.319 e. The van der Waals surface area contributed by atoms with Gasteiger partial charge in [-0.25, -0.2) is 4.79 Å². The number of rotatable bonds is 7. The third kappa shape index (κ3) is 5.42. The first kappa shape index (κ1) is 20.2. The van der Waals surface area contributed by atoms with Crippen molar-refractivity contribution in [3.05, 3.63) is 63.7 Å². The van der Waals surface area contributed by atoms with Crippen LogP contribution in [0.15, 0.2) is 42.5 Å². The van der Waals surface area contributed by atoms with E-state index in [1.807, 2.05) is 43.3 Å². The lowest BCUT2D eigenvalue weighted by molar-refractivity contribution is -0.385. The monoisotopic (exact) mass is 372 g/mol. The quantitative estimate of drug-likeness (QED) is 0.574. The fourth-order valence-corrected chi connectivity index (χ4v) is 2.67. The summed E-state index contributed by atoms with van der Waals surface area (Å²) in [7, 11) is 5.47. The molecule has 0 aromatic heterocycles. The average Bonchev–Trinajstić information content (AvgIpc) is 2.63. The van der Waals surface area contributed by atoms with E-state index < -0.39 is 11.0 Å². The number of nitrogens with one attached hydrogen (secondary N) is 2. The van der Waals surface area contributed by atoms with E-state index >= 15 is 0 Å². The maximum atomic E-state index is 12.2. The molecule has 2 aromatic carbocycles. The van der Waals surface area contributed by atoms with Crippen molar-refractivity contribution >= 4 is 17.4 Å². The first-order valence-electron chi connectivity index (χ1n) is 8.42. The van der Waals surface area contributed by atoms with Crippen molar-refractivity contribution in [2.45, 2.75) is 13.0 Å². The SMILES string of the molecule is COc1ccc(C(CNC(=O)Nc2ccc(C)c([N+](=O)[O-])c2)N(C)C)cc1. The predicted molar refractivity (Wildman–Crippen MR) is 104 cm³/mol. The Bertz CT molecular complexity index is 806. The number of amides is 2. The topological polar surface area (TPSA) is 96.7 Å². The molecule has 1 atom stereocenters. The number of likely N-dealkylation sites (N-methyl/N-ethyl adjacent to an activating group) is 1. The number of aryl methyl sites for hydroxylation is 1. The van der Waals surface area contributed by atoms with Crippen molar-refractivity contribution in [1.82, 2.24) is 10.2 Å². The van der Waals surface area contributed by atoms with Gasteiger partial charge in [0.2, 0.25) is 0 Å². The molecular weight excluding hydrogens is 348 g/mol. The number of methoxy groups -OCH3 is 1. The summed E-state index contributed by atoms with van der Waals surface area (Å²) in [4.78, 5) is 24.8. The third-order valence-corrected chi connectivity index (χ3v) is 4.24. The molecule has 0 aliphatic rings. The zero-order valence-electron chi connectivity index (χ0n) is 15.9. The van der Waals surface area contributed by atoms with Crippen molar-refractivity contribution < 1.29 is 14.5 Å². The molecule has 0 bridgehead atoms. The van der Waals surface area contributed by atoms with Gasteiger partial charge in [0.1, 0.15) is 5.75 Å². The van der Waals surface area contributed by atoms with E-state index in [4.69, 9.17) is 4.74 Å². The summed E-state index contributed by atoms with van der Waals surface area (Å²) in [5, 5.41) is 16.5. The van der Waals surface area contributed by atoms with E-state index in [2.05, 4.69) is 10.6 Å². The summed E-state index contributed by atoms with van der Waals surface area (Å²) in [6, 6.07) is 11.8. The minimum Gasteiger partial charge on any atom is -0.497 e. The van der Waals surface area contributed by atoms with E-state index in [0.29, 0.717) is 17.8 Å². The molecule has 2 N–H and O–H groups in total. The minimum absolute atomic E-state index is 0.0304. The van der Waals surface area contributed by atoms with E-state index in [1.54, 1.807) is 26.2 Å². The van der Waals surface area contributed by atoms with Crippen LogP contribution in [0.3, 0.4) is 0 Å². The number of anilines is 1. The van der Waals surface area contributed by atoms with Crippen LogP contribution in [0.1, 0.15) is 17.2 Å². The number of hydrogen-bond donors (Lipinski definition) is 2. The van der Waals surface area contributed by atoms with Gasteiger partial charge in [-0.15, -0.1) is 0 Å². The molecule has 0 heterocycles. The largest absolute Gasteiger partial charge is 0.497 e. The second-order valence-electron chi connectivity index (χ2n) is 6.35.